The van der Waals surface area contributed by atoms with E-state index in [-0.39, 0.29) is 18.2 Å². The van der Waals surface area contributed by atoms with Crippen LogP contribution in [0.5, 0.6) is 0 Å². The molecule has 0 aromatic rings. The Hall–Kier alpha value is -1.12. The highest BCUT2D eigenvalue weighted by atomic mass is 19.1. The van der Waals surface area contributed by atoms with Crippen molar-refractivity contribution in [2.45, 2.75) is 100 Å². The van der Waals surface area contributed by atoms with Gasteiger partial charge in [0, 0.05) is 5.92 Å². The zero-order valence-corrected chi connectivity index (χ0v) is 18.3. The number of rotatable bonds is 9. The van der Waals surface area contributed by atoms with E-state index in [0.717, 1.165) is 17.9 Å². The van der Waals surface area contributed by atoms with Crippen LogP contribution in [0, 0.1) is 11.8 Å². The SMILES string of the molecule is C=C/C(CC)=C(/F)C(C)C.CC.CCCCC(C)CCCC.NC=O. The van der Waals surface area contributed by atoms with Crippen LogP contribution < -0.4 is 5.73 Å². The predicted molar refractivity (Wildman–Crippen MR) is 113 cm³/mol. The Morgan fingerprint density at radius 3 is 1.56 bits per heavy atom. The van der Waals surface area contributed by atoms with Crippen molar-refractivity contribution in [1.82, 2.24) is 0 Å². The highest BCUT2D eigenvalue weighted by Crippen LogP contribution is 2.18. The predicted octanol–water partition coefficient (Wildman–Crippen LogP) is 7.59. The highest BCUT2D eigenvalue weighted by Gasteiger charge is 2.04. The molecule has 152 valence electrons. The number of hydrogen-bond donors (Lipinski definition) is 1. The monoisotopic (exact) mass is 359 g/mol. The number of carbonyl (C=O) groups excluding carboxylic acids is 1. The average molecular weight is 360 g/mol. The van der Waals surface area contributed by atoms with Crippen molar-refractivity contribution in [2.75, 3.05) is 0 Å². The molecule has 0 aromatic heterocycles. The molecule has 0 aliphatic carbocycles. The van der Waals surface area contributed by atoms with Gasteiger partial charge < -0.3 is 5.73 Å². The molecule has 3 heteroatoms. The van der Waals surface area contributed by atoms with Crippen molar-refractivity contribution < 1.29 is 9.18 Å². The summed E-state index contributed by atoms with van der Waals surface area (Å²) in [5.41, 5.74) is 4.90. The Morgan fingerprint density at radius 2 is 1.40 bits per heavy atom. The van der Waals surface area contributed by atoms with Gasteiger partial charge in [0.2, 0.25) is 6.41 Å². The summed E-state index contributed by atoms with van der Waals surface area (Å²) in [6.07, 6.45) is 11.0. The van der Waals surface area contributed by atoms with Crippen molar-refractivity contribution in [1.29, 1.82) is 0 Å². The summed E-state index contributed by atoms with van der Waals surface area (Å²) in [6, 6.07) is 0. The molecular formula is C22H46FNO. The van der Waals surface area contributed by atoms with Crippen molar-refractivity contribution in [2.24, 2.45) is 17.6 Å². The van der Waals surface area contributed by atoms with E-state index in [2.05, 4.69) is 33.1 Å². The van der Waals surface area contributed by atoms with Crippen LogP contribution in [0.25, 0.3) is 0 Å². The van der Waals surface area contributed by atoms with E-state index in [1.807, 2.05) is 34.6 Å². The molecule has 0 spiro atoms. The van der Waals surface area contributed by atoms with Crippen LogP contribution in [0.15, 0.2) is 24.1 Å². The number of nitrogens with two attached hydrogens (primary N) is 1. The van der Waals surface area contributed by atoms with Crippen LogP contribution in [-0.2, 0) is 4.79 Å². The lowest BCUT2D eigenvalue weighted by molar-refractivity contribution is -0.106. The molecule has 0 fully saturated rings. The zero-order chi connectivity index (χ0) is 20.7. The van der Waals surface area contributed by atoms with Gasteiger partial charge >= 0.3 is 0 Å². The number of carbonyl (C=O) groups is 1. The number of allylic oxidation sites excluding steroid dienone is 3. The van der Waals surface area contributed by atoms with E-state index < -0.39 is 0 Å². The summed E-state index contributed by atoms with van der Waals surface area (Å²) in [6.45, 7) is 20.1. The fourth-order valence-electron chi connectivity index (χ4n) is 2.03. The maximum Gasteiger partial charge on any atom is 0.204 e. The molecule has 0 radical (unpaired) electrons. The first-order chi connectivity index (χ1) is 11.9. The van der Waals surface area contributed by atoms with Gasteiger partial charge in [-0.1, -0.05) is 107 Å². The Labute approximate surface area is 158 Å². The summed E-state index contributed by atoms with van der Waals surface area (Å²) in [4.78, 5) is 8.58. The van der Waals surface area contributed by atoms with Gasteiger partial charge in [-0.05, 0) is 17.9 Å². The molecule has 0 rings (SSSR count). The third-order valence-electron chi connectivity index (χ3n) is 3.54. The second-order valence-corrected chi connectivity index (χ2v) is 6.11. The third kappa shape index (κ3) is 28.0. The molecule has 25 heavy (non-hydrogen) atoms. The standard InChI is InChI=1S/C10H22.C9H15F.C2H6.CH3NO/c1-4-6-8-10(3)9-7-5-2;1-5-8(6-2)9(10)7(3)4;1-2;2-1-3/h10H,4-9H2,1-3H3;5,7H,1,6H2,2-4H3;1-2H3;1H,(H2,2,3)/b;9-8-;;. The van der Waals surface area contributed by atoms with Gasteiger partial charge in [-0.3, -0.25) is 4.79 Å². The first-order valence-electron chi connectivity index (χ1n) is 10.0. The second-order valence-electron chi connectivity index (χ2n) is 6.11. The fourth-order valence-corrected chi connectivity index (χ4v) is 2.03. The summed E-state index contributed by atoms with van der Waals surface area (Å²) in [7, 11) is 0. The van der Waals surface area contributed by atoms with Gasteiger partial charge in [-0.15, -0.1) is 0 Å². The Kier molecular flexibility index (Phi) is 35.1. The summed E-state index contributed by atoms with van der Waals surface area (Å²) < 4.78 is 13.0. The van der Waals surface area contributed by atoms with E-state index in [4.69, 9.17) is 4.79 Å². The lowest BCUT2D eigenvalue weighted by Crippen LogP contribution is -1.93. The smallest absolute Gasteiger partial charge is 0.204 e. The first-order valence-corrected chi connectivity index (χ1v) is 10.0. The number of hydrogen-bond acceptors (Lipinski definition) is 1. The number of halogens is 1. The molecule has 0 saturated heterocycles. The van der Waals surface area contributed by atoms with Gasteiger partial charge in [0.1, 0.15) is 5.83 Å². The average Bonchev–Trinajstić information content (AvgIpc) is 2.62. The minimum atomic E-state index is -0.0301. The maximum atomic E-state index is 13.0. The van der Waals surface area contributed by atoms with Crippen LogP contribution in [0.1, 0.15) is 100 Å². The van der Waals surface area contributed by atoms with Crippen molar-refractivity contribution in [3.63, 3.8) is 0 Å². The molecule has 0 heterocycles. The molecule has 0 bridgehead atoms. The molecule has 0 aromatic carbocycles. The van der Waals surface area contributed by atoms with Crippen molar-refractivity contribution >= 4 is 6.41 Å². The summed E-state index contributed by atoms with van der Waals surface area (Å²) >= 11 is 0. The first kappa shape index (κ1) is 31.6. The van der Waals surface area contributed by atoms with Gasteiger partial charge in [0.05, 0.1) is 0 Å². The number of primary amides is 1. The normalized spacial score (nSPS) is 10.4. The Bertz CT molecular complexity index is 290. The van der Waals surface area contributed by atoms with Crippen LogP contribution in [0.4, 0.5) is 4.39 Å². The Morgan fingerprint density at radius 1 is 1.04 bits per heavy atom. The molecule has 2 nitrogen and oxygen atoms in total. The quantitative estimate of drug-likeness (QED) is 0.334. The van der Waals surface area contributed by atoms with E-state index in [1.165, 1.54) is 38.5 Å². The second kappa shape index (κ2) is 27.7. The topological polar surface area (TPSA) is 43.1 Å². The largest absolute Gasteiger partial charge is 0.372 e. The molecule has 0 aliphatic heterocycles. The number of unbranched alkanes of at least 4 members (excludes halogenated alkanes) is 2. The van der Waals surface area contributed by atoms with E-state index in [1.54, 1.807) is 6.08 Å². The molecular weight excluding hydrogens is 313 g/mol. The van der Waals surface area contributed by atoms with Gasteiger partial charge in [0.15, 0.2) is 0 Å². The molecule has 0 unspecified atom stereocenters. The molecule has 0 aliphatic rings. The van der Waals surface area contributed by atoms with Gasteiger partial charge in [0.25, 0.3) is 0 Å². The summed E-state index contributed by atoms with van der Waals surface area (Å²) in [5, 5.41) is 0. The van der Waals surface area contributed by atoms with E-state index >= 15 is 0 Å². The highest BCUT2D eigenvalue weighted by molar-refractivity contribution is 5.42. The molecule has 2 N–H and O–H groups in total. The van der Waals surface area contributed by atoms with Crippen LogP contribution >= 0.6 is 0 Å². The van der Waals surface area contributed by atoms with Crippen molar-refractivity contribution in [3.8, 4) is 0 Å². The van der Waals surface area contributed by atoms with E-state index in [9.17, 15) is 4.39 Å². The third-order valence-corrected chi connectivity index (χ3v) is 3.54. The lowest BCUT2D eigenvalue weighted by Gasteiger charge is -2.08. The van der Waals surface area contributed by atoms with Gasteiger partial charge in [-0.2, -0.15) is 0 Å². The zero-order valence-electron chi connectivity index (χ0n) is 18.3. The summed E-state index contributed by atoms with van der Waals surface area (Å²) in [5.74, 6) is 0.936. The fraction of sp³-hybridized carbons (Fsp3) is 0.773. The number of amides is 1. The van der Waals surface area contributed by atoms with Crippen molar-refractivity contribution in [3.05, 3.63) is 24.1 Å². The molecule has 0 saturated carbocycles. The molecule has 1 amide bonds. The van der Waals surface area contributed by atoms with Crippen LogP contribution in [0.2, 0.25) is 0 Å². The van der Waals surface area contributed by atoms with Crippen LogP contribution in [0.3, 0.4) is 0 Å². The minimum Gasteiger partial charge on any atom is -0.372 e. The maximum absolute atomic E-state index is 13.0. The van der Waals surface area contributed by atoms with Gasteiger partial charge in [-0.25, -0.2) is 4.39 Å². The lowest BCUT2D eigenvalue weighted by atomic mass is 9.98. The minimum absolute atomic E-state index is 0.00653. The van der Waals surface area contributed by atoms with Crippen LogP contribution in [-0.4, -0.2) is 6.41 Å². The molecule has 0 atom stereocenters. The Balaban J connectivity index is -0.000000140. The van der Waals surface area contributed by atoms with E-state index in [0.29, 0.717) is 0 Å².